The molecule has 1 atom stereocenters. The van der Waals surface area contributed by atoms with E-state index in [0.717, 1.165) is 5.33 Å². The number of rotatable bonds is 4. The molecular formula is C12H17Br. The summed E-state index contributed by atoms with van der Waals surface area (Å²) in [5.74, 6) is 0.693. The van der Waals surface area contributed by atoms with Crippen LogP contribution in [-0.4, -0.2) is 5.33 Å². The fourth-order valence-electron chi connectivity index (χ4n) is 1.68. The first kappa shape index (κ1) is 10.8. The predicted molar refractivity (Wildman–Crippen MR) is 62.6 cm³/mol. The zero-order chi connectivity index (χ0) is 9.68. The molecule has 0 aliphatic carbocycles. The zero-order valence-electron chi connectivity index (χ0n) is 8.39. The molecule has 0 radical (unpaired) electrons. The summed E-state index contributed by atoms with van der Waals surface area (Å²) in [5.41, 5.74) is 2.92. The average molecular weight is 241 g/mol. The van der Waals surface area contributed by atoms with E-state index in [-0.39, 0.29) is 0 Å². The van der Waals surface area contributed by atoms with Crippen molar-refractivity contribution >= 4 is 15.9 Å². The molecule has 1 aromatic carbocycles. The molecule has 0 aliphatic rings. The molecule has 0 aliphatic heterocycles. The summed E-state index contributed by atoms with van der Waals surface area (Å²) in [6.07, 6.45) is 2.53. The van der Waals surface area contributed by atoms with E-state index in [4.69, 9.17) is 0 Å². The minimum absolute atomic E-state index is 0.693. The van der Waals surface area contributed by atoms with Crippen LogP contribution in [0.25, 0.3) is 0 Å². The third-order valence-corrected chi connectivity index (χ3v) is 3.05. The van der Waals surface area contributed by atoms with Crippen molar-refractivity contribution < 1.29 is 0 Å². The molecule has 0 bridgehead atoms. The molecule has 1 unspecified atom stereocenters. The van der Waals surface area contributed by atoms with Crippen LogP contribution in [0.2, 0.25) is 0 Å². The summed E-state index contributed by atoms with van der Waals surface area (Å²) in [4.78, 5) is 0. The Morgan fingerprint density at radius 1 is 1.31 bits per heavy atom. The summed E-state index contributed by atoms with van der Waals surface area (Å²) < 4.78 is 0. The molecular weight excluding hydrogens is 224 g/mol. The molecule has 0 nitrogen and oxygen atoms in total. The van der Waals surface area contributed by atoms with E-state index in [1.165, 1.54) is 24.0 Å². The summed E-state index contributed by atoms with van der Waals surface area (Å²) in [5, 5.41) is 1.11. The molecule has 1 rings (SSSR count). The van der Waals surface area contributed by atoms with Crippen LogP contribution in [0.1, 0.15) is 36.8 Å². The van der Waals surface area contributed by atoms with Gasteiger partial charge in [0.2, 0.25) is 0 Å². The smallest absolute Gasteiger partial charge is 0.00315 e. The Balaban J connectivity index is 2.65. The molecule has 0 fully saturated rings. The Kier molecular flexibility index (Phi) is 4.51. The molecule has 0 saturated heterocycles. The predicted octanol–water partition coefficient (Wildman–Crippen LogP) is 4.27. The van der Waals surface area contributed by atoms with Gasteiger partial charge in [-0.05, 0) is 36.8 Å². The third-order valence-electron chi connectivity index (χ3n) is 2.49. The summed E-state index contributed by atoms with van der Waals surface area (Å²) in [6, 6.07) is 8.68. The second-order valence-electron chi connectivity index (χ2n) is 3.59. The monoisotopic (exact) mass is 240 g/mol. The van der Waals surface area contributed by atoms with E-state index >= 15 is 0 Å². The lowest BCUT2D eigenvalue weighted by Crippen LogP contribution is -1.96. The lowest BCUT2D eigenvalue weighted by atomic mass is 9.93. The Bertz CT molecular complexity index is 255. The largest absolute Gasteiger partial charge is 0.0928 e. The van der Waals surface area contributed by atoms with E-state index in [2.05, 4.69) is 54.0 Å². The van der Waals surface area contributed by atoms with Gasteiger partial charge in [0.1, 0.15) is 0 Å². The molecule has 72 valence electrons. The number of halogens is 1. The first-order valence-corrected chi connectivity index (χ1v) is 5.99. The van der Waals surface area contributed by atoms with Crippen LogP contribution in [0, 0.1) is 6.92 Å². The van der Waals surface area contributed by atoms with Crippen LogP contribution in [0.5, 0.6) is 0 Å². The molecule has 0 heterocycles. The van der Waals surface area contributed by atoms with Crippen LogP contribution in [0.3, 0.4) is 0 Å². The highest BCUT2D eigenvalue weighted by molar-refractivity contribution is 9.09. The van der Waals surface area contributed by atoms with Crippen molar-refractivity contribution in [3.8, 4) is 0 Å². The van der Waals surface area contributed by atoms with Gasteiger partial charge in [-0.25, -0.2) is 0 Å². The van der Waals surface area contributed by atoms with Crippen molar-refractivity contribution in [3.05, 3.63) is 35.4 Å². The second kappa shape index (κ2) is 5.43. The molecule has 1 heteroatoms. The van der Waals surface area contributed by atoms with Crippen LogP contribution in [0.4, 0.5) is 0 Å². The van der Waals surface area contributed by atoms with Crippen molar-refractivity contribution in [2.24, 2.45) is 0 Å². The fraction of sp³-hybridized carbons (Fsp3) is 0.500. The van der Waals surface area contributed by atoms with Gasteiger partial charge in [0.25, 0.3) is 0 Å². The van der Waals surface area contributed by atoms with Gasteiger partial charge < -0.3 is 0 Å². The van der Waals surface area contributed by atoms with Gasteiger partial charge in [0.05, 0.1) is 0 Å². The van der Waals surface area contributed by atoms with Gasteiger partial charge in [-0.2, -0.15) is 0 Å². The molecule has 0 aromatic heterocycles. The zero-order valence-corrected chi connectivity index (χ0v) is 9.97. The quantitative estimate of drug-likeness (QED) is 0.690. The van der Waals surface area contributed by atoms with Crippen LogP contribution in [0.15, 0.2) is 24.3 Å². The number of hydrogen-bond donors (Lipinski definition) is 0. The maximum atomic E-state index is 3.47. The highest BCUT2D eigenvalue weighted by Gasteiger charge is 2.06. The Labute approximate surface area is 89.5 Å². The minimum Gasteiger partial charge on any atom is -0.0928 e. The number of hydrogen-bond acceptors (Lipinski definition) is 0. The molecule has 1 aromatic rings. The maximum Gasteiger partial charge on any atom is 0.00315 e. The molecule has 0 amide bonds. The van der Waals surface area contributed by atoms with Gasteiger partial charge in [0, 0.05) is 5.33 Å². The third kappa shape index (κ3) is 3.15. The van der Waals surface area contributed by atoms with Crippen molar-refractivity contribution in [2.75, 3.05) is 5.33 Å². The van der Waals surface area contributed by atoms with Crippen LogP contribution >= 0.6 is 15.9 Å². The minimum atomic E-state index is 0.693. The first-order chi connectivity index (χ1) is 6.25. The van der Waals surface area contributed by atoms with E-state index in [1.807, 2.05) is 0 Å². The molecule has 0 saturated carbocycles. The van der Waals surface area contributed by atoms with Gasteiger partial charge in [0.15, 0.2) is 0 Å². The van der Waals surface area contributed by atoms with Crippen molar-refractivity contribution in [1.82, 2.24) is 0 Å². The van der Waals surface area contributed by atoms with Gasteiger partial charge in [-0.1, -0.05) is 47.1 Å². The Morgan fingerprint density at radius 2 is 2.00 bits per heavy atom. The lowest BCUT2D eigenvalue weighted by Gasteiger charge is -2.13. The molecule has 0 N–H and O–H groups in total. The molecule has 13 heavy (non-hydrogen) atoms. The van der Waals surface area contributed by atoms with E-state index < -0.39 is 0 Å². The van der Waals surface area contributed by atoms with Crippen molar-refractivity contribution in [1.29, 1.82) is 0 Å². The van der Waals surface area contributed by atoms with Crippen LogP contribution < -0.4 is 0 Å². The van der Waals surface area contributed by atoms with Gasteiger partial charge in [-0.15, -0.1) is 0 Å². The highest BCUT2D eigenvalue weighted by atomic mass is 79.9. The van der Waals surface area contributed by atoms with E-state index in [0.29, 0.717) is 5.92 Å². The van der Waals surface area contributed by atoms with Crippen LogP contribution in [-0.2, 0) is 0 Å². The number of benzene rings is 1. The maximum absolute atomic E-state index is 3.47. The second-order valence-corrected chi connectivity index (χ2v) is 4.38. The van der Waals surface area contributed by atoms with Gasteiger partial charge in [-0.3, -0.25) is 0 Å². The Morgan fingerprint density at radius 3 is 2.62 bits per heavy atom. The normalized spacial score (nSPS) is 12.8. The topological polar surface area (TPSA) is 0 Å². The van der Waals surface area contributed by atoms with E-state index in [1.54, 1.807) is 0 Å². The van der Waals surface area contributed by atoms with Crippen molar-refractivity contribution in [2.45, 2.75) is 32.6 Å². The summed E-state index contributed by atoms with van der Waals surface area (Å²) >= 11 is 3.47. The van der Waals surface area contributed by atoms with Gasteiger partial charge >= 0.3 is 0 Å². The van der Waals surface area contributed by atoms with Crippen molar-refractivity contribution in [3.63, 3.8) is 0 Å². The van der Waals surface area contributed by atoms with E-state index in [9.17, 15) is 0 Å². The first-order valence-electron chi connectivity index (χ1n) is 4.87. The Hall–Kier alpha value is -0.300. The standard InChI is InChI=1S/C12H17Br/c1-10-6-3-4-8-12(10)11(2)7-5-9-13/h3-4,6,8,11H,5,7,9H2,1-2H3. The lowest BCUT2D eigenvalue weighted by molar-refractivity contribution is 0.667. The SMILES string of the molecule is Cc1ccccc1C(C)CCCBr. The molecule has 0 spiro atoms. The number of alkyl halides is 1. The summed E-state index contributed by atoms with van der Waals surface area (Å²) in [7, 11) is 0. The number of aryl methyl sites for hydroxylation is 1. The summed E-state index contributed by atoms with van der Waals surface area (Å²) in [6.45, 7) is 4.50. The average Bonchev–Trinajstić information content (AvgIpc) is 2.15. The highest BCUT2D eigenvalue weighted by Crippen LogP contribution is 2.23. The fourth-order valence-corrected chi connectivity index (χ4v) is 2.00.